The molecule has 1 saturated heterocycles. The molecule has 1 heterocycles. The van der Waals surface area contributed by atoms with E-state index in [0.29, 0.717) is 35.5 Å². The van der Waals surface area contributed by atoms with Crippen molar-refractivity contribution < 1.29 is 27.5 Å². The number of halogens is 3. The number of carbonyl (C=O) groups is 2. The number of hydrogen-bond donors (Lipinski definition) is 2. The largest absolute Gasteiger partial charge is 0.471 e. The van der Waals surface area contributed by atoms with Gasteiger partial charge in [0.25, 0.3) is 5.91 Å². The van der Waals surface area contributed by atoms with Gasteiger partial charge >= 0.3 is 12.1 Å². The zero-order valence-electron chi connectivity index (χ0n) is 13.7. The highest BCUT2D eigenvalue weighted by Crippen LogP contribution is 2.22. The monoisotopic (exact) mass is 359 g/mol. The molecule has 1 aromatic rings. The van der Waals surface area contributed by atoms with Crippen LogP contribution in [0.25, 0.3) is 0 Å². The maximum Gasteiger partial charge on any atom is 0.471 e. The Hall–Kier alpha value is -2.13. The van der Waals surface area contributed by atoms with Gasteiger partial charge in [-0.15, -0.1) is 0 Å². The molecule has 0 spiro atoms. The summed E-state index contributed by atoms with van der Waals surface area (Å²) in [5, 5.41) is 2.67. The third kappa shape index (κ3) is 5.17. The zero-order chi connectivity index (χ0) is 18.6. The Balaban J connectivity index is 1.97. The first-order valence-corrected chi connectivity index (χ1v) is 7.78. The molecule has 2 atom stereocenters. The zero-order valence-corrected chi connectivity index (χ0v) is 13.7. The van der Waals surface area contributed by atoms with Crippen LogP contribution in [0.4, 0.5) is 18.9 Å². The number of anilines is 1. The molecule has 6 nitrogen and oxygen atoms in total. The number of nitrogens with zero attached hydrogens (tertiary/aromatic N) is 1. The summed E-state index contributed by atoms with van der Waals surface area (Å²) in [7, 11) is 1.07. The van der Waals surface area contributed by atoms with E-state index in [9.17, 15) is 22.8 Å². The Morgan fingerprint density at radius 2 is 2.08 bits per heavy atom. The number of alkyl halides is 3. The van der Waals surface area contributed by atoms with Crippen molar-refractivity contribution in [2.24, 2.45) is 5.73 Å². The van der Waals surface area contributed by atoms with Gasteiger partial charge < -0.3 is 20.7 Å². The quantitative estimate of drug-likeness (QED) is 0.837. The van der Waals surface area contributed by atoms with Crippen molar-refractivity contribution in [1.82, 2.24) is 4.90 Å². The second kappa shape index (κ2) is 7.83. The number of hydrogen-bond acceptors (Lipinski definition) is 4. The van der Waals surface area contributed by atoms with Crippen LogP contribution in [0.2, 0.25) is 0 Å². The van der Waals surface area contributed by atoms with Gasteiger partial charge in [0.1, 0.15) is 6.10 Å². The predicted molar refractivity (Wildman–Crippen MR) is 84.6 cm³/mol. The van der Waals surface area contributed by atoms with E-state index in [1.54, 1.807) is 18.2 Å². The highest BCUT2D eigenvalue weighted by molar-refractivity contribution is 5.94. The SMILES string of the molecule is CN(Cc1cccc(NC(=O)[C@@H]2CC[C@H](CN)O2)c1)C(=O)C(F)(F)F. The molecule has 2 amide bonds. The Labute approximate surface area is 143 Å². The summed E-state index contributed by atoms with van der Waals surface area (Å²) in [4.78, 5) is 23.9. The van der Waals surface area contributed by atoms with E-state index >= 15 is 0 Å². The summed E-state index contributed by atoms with van der Waals surface area (Å²) in [5.41, 5.74) is 6.39. The van der Waals surface area contributed by atoms with Crippen molar-refractivity contribution in [1.29, 1.82) is 0 Å². The Bertz CT molecular complexity index is 637. The molecule has 0 bridgehead atoms. The van der Waals surface area contributed by atoms with E-state index in [1.165, 1.54) is 6.07 Å². The molecular formula is C16H20F3N3O3. The van der Waals surface area contributed by atoms with Gasteiger partial charge in [-0.25, -0.2) is 0 Å². The highest BCUT2D eigenvalue weighted by Gasteiger charge is 2.41. The number of ether oxygens (including phenoxy) is 1. The van der Waals surface area contributed by atoms with Crippen LogP contribution in [0.1, 0.15) is 18.4 Å². The van der Waals surface area contributed by atoms with Crippen LogP contribution in [-0.4, -0.2) is 48.7 Å². The molecule has 0 radical (unpaired) electrons. The van der Waals surface area contributed by atoms with Crippen LogP contribution in [0.3, 0.4) is 0 Å². The molecule has 1 aliphatic heterocycles. The van der Waals surface area contributed by atoms with Crippen LogP contribution in [0, 0.1) is 0 Å². The number of rotatable bonds is 5. The van der Waals surface area contributed by atoms with Crippen LogP contribution >= 0.6 is 0 Å². The van der Waals surface area contributed by atoms with E-state index < -0.39 is 18.2 Å². The van der Waals surface area contributed by atoms with Gasteiger partial charge in [-0.3, -0.25) is 9.59 Å². The average molecular weight is 359 g/mol. The molecule has 0 unspecified atom stereocenters. The second-order valence-corrected chi connectivity index (χ2v) is 5.91. The van der Waals surface area contributed by atoms with Gasteiger partial charge in [0.05, 0.1) is 6.10 Å². The smallest absolute Gasteiger partial charge is 0.364 e. The van der Waals surface area contributed by atoms with Gasteiger partial charge in [0.15, 0.2) is 0 Å². The van der Waals surface area contributed by atoms with Crippen LogP contribution in [0.5, 0.6) is 0 Å². The predicted octanol–water partition coefficient (Wildman–Crippen LogP) is 1.65. The third-order valence-corrected chi connectivity index (χ3v) is 3.87. The number of benzene rings is 1. The molecule has 0 aromatic heterocycles. The minimum absolute atomic E-state index is 0.135. The molecule has 1 aromatic carbocycles. The first kappa shape index (κ1) is 19.2. The lowest BCUT2D eigenvalue weighted by Gasteiger charge is -2.19. The van der Waals surface area contributed by atoms with E-state index in [-0.39, 0.29) is 18.6 Å². The van der Waals surface area contributed by atoms with Gasteiger partial charge in [-0.05, 0) is 30.5 Å². The Morgan fingerprint density at radius 1 is 1.36 bits per heavy atom. The van der Waals surface area contributed by atoms with Crippen LogP contribution in [-0.2, 0) is 20.9 Å². The van der Waals surface area contributed by atoms with Gasteiger partial charge in [0.2, 0.25) is 0 Å². The molecular weight excluding hydrogens is 339 g/mol. The molecule has 0 aliphatic carbocycles. The number of carbonyl (C=O) groups excluding carboxylic acids is 2. The fourth-order valence-electron chi connectivity index (χ4n) is 2.60. The summed E-state index contributed by atoms with van der Waals surface area (Å²) in [5.74, 6) is -2.25. The molecule has 0 saturated carbocycles. The fourth-order valence-corrected chi connectivity index (χ4v) is 2.60. The lowest BCUT2D eigenvalue weighted by Crippen LogP contribution is -2.37. The van der Waals surface area contributed by atoms with Crippen molar-refractivity contribution in [3.8, 4) is 0 Å². The van der Waals surface area contributed by atoms with E-state index in [0.717, 1.165) is 7.05 Å². The van der Waals surface area contributed by atoms with Crippen LogP contribution < -0.4 is 11.1 Å². The molecule has 1 fully saturated rings. The van der Waals surface area contributed by atoms with E-state index in [2.05, 4.69) is 5.32 Å². The normalized spacial score (nSPS) is 20.4. The first-order chi connectivity index (χ1) is 11.7. The van der Waals surface area contributed by atoms with Gasteiger partial charge in [-0.1, -0.05) is 12.1 Å². The molecule has 9 heteroatoms. The Kier molecular flexibility index (Phi) is 6.02. The molecule has 2 rings (SSSR count). The Morgan fingerprint density at radius 3 is 2.68 bits per heavy atom. The minimum atomic E-state index is -4.92. The van der Waals surface area contributed by atoms with Crippen LogP contribution in [0.15, 0.2) is 24.3 Å². The highest BCUT2D eigenvalue weighted by atomic mass is 19.4. The molecule has 25 heavy (non-hydrogen) atoms. The van der Waals surface area contributed by atoms with E-state index in [1.807, 2.05) is 0 Å². The summed E-state index contributed by atoms with van der Waals surface area (Å²) < 4.78 is 42.7. The molecule has 1 aliphatic rings. The van der Waals surface area contributed by atoms with Crippen molar-refractivity contribution in [2.45, 2.75) is 37.8 Å². The fraction of sp³-hybridized carbons (Fsp3) is 0.500. The maximum atomic E-state index is 12.4. The van der Waals surface area contributed by atoms with Crippen molar-refractivity contribution in [3.05, 3.63) is 29.8 Å². The lowest BCUT2D eigenvalue weighted by molar-refractivity contribution is -0.184. The topological polar surface area (TPSA) is 84.7 Å². The number of nitrogens with two attached hydrogens (primary N) is 1. The number of nitrogens with one attached hydrogen (secondary N) is 1. The summed E-state index contributed by atoms with van der Waals surface area (Å²) >= 11 is 0. The minimum Gasteiger partial charge on any atom is -0.364 e. The van der Waals surface area contributed by atoms with Crippen molar-refractivity contribution >= 4 is 17.5 Å². The second-order valence-electron chi connectivity index (χ2n) is 5.91. The number of amides is 2. The standard InChI is InChI=1S/C16H20F3N3O3/c1-22(15(24)16(17,18)19)9-10-3-2-4-11(7-10)21-14(23)13-6-5-12(8-20)25-13/h2-4,7,12-13H,5-6,8-9,20H2,1H3,(H,21,23)/t12-,13+/m1/s1. The van der Waals surface area contributed by atoms with Gasteiger partial charge in [0, 0.05) is 25.8 Å². The summed E-state index contributed by atoms with van der Waals surface area (Å²) in [6.07, 6.45) is -4.37. The summed E-state index contributed by atoms with van der Waals surface area (Å²) in [6, 6.07) is 6.30. The summed E-state index contributed by atoms with van der Waals surface area (Å²) in [6.45, 7) is 0.121. The average Bonchev–Trinajstić information content (AvgIpc) is 3.02. The van der Waals surface area contributed by atoms with Crippen molar-refractivity contribution in [2.75, 3.05) is 18.9 Å². The molecule has 138 valence electrons. The van der Waals surface area contributed by atoms with E-state index in [4.69, 9.17) is 10.5 Å². The first-order valence-electron chi connectivity index (χ1n) is 7.78. The third-order valence-electron chi connectivity index (χ3n) is 3.87. The lowest BCUT2D eigenvalue weighted by atomic mass is 10.1. The maximum absolute atomic E-state index is 12.4. The van der Waals surface area contributed by atoms with Crippen molar-refractivity contribution in [3.63, 3.8) is 0 Å². The molecule has 3 N–H and O–H groups in total. The van der Waals surface area contributed by atoms with Gasteiger partial charge in [-0.2, -0.15) is 13.2 Å².